The second kappa shape index (κ2) is 5.48. The van der Waals surface area contributed by atoms with Crippen molar-refractivity contribution >= 4 is 39.3 Å². The number of aromatic nitrogens is 3. The minimum absolute atomic E-state index is 0.706. The first-order chi connectivity index (χ1) is 8.81. The fraction of sp³-hybridized carbons (Fsp3) is 0.500. The summed E-state index contributed by atoms with van der Waals surface area (Å²) in [6.07, 6.45) is 5.94. The Morgan fingerprint density at radius 1 is 1.44 bits per heavy atom. The van der Waals surface area contributed by atoms with Crippen LogP contribution in [0.1, 0.15) is 19.3 Å². The molecular weight excluding hydrogens is 312 g/mol. The maximum atomic E-state index is 4.45. The summed E-state index contributed by atoms with van der Waals surface area (Å²) in [5.41, 5.74) is 0.872. The Morgan fingerprint density at radius 3 is 3.22 bits per heavy atom. The molecule has 2 aromatic rings. The van der Waals surface area contributed by atoms with Crippen LogP contribution < -0.4 is 5.32 Å². The number of fused-ring (bicyclic) bond motifs is 1. The van der Waals surface area contributed by atoms with Crippen LogP contribution in [-0.4, -0.2) is 32.1 Å². The summed E-state index contributed by atoms with van der Waals surface area (Å²) in [7, 11) is 0. The van der Waals surface area contributed by atoms with E-state index >= 15 is 0 Å². The van der Waals surface area contributed by atoms with E-state index in [4.69, 9.17) is 0 Å². The van der Waals surface area contributed by atoms with Gasteiger partial charge in [0, 0.05) is 22.5 Å². The van der Waals surface area contributed by atoms with Gasteiger partial charge in [0.25, 0.3) is 0 Å². The minimum Gasteiger partial charge on any atom is -0.352 e. The summed E-state index contributed by atoms with van der Waals surface area (Å²) in [6, 6.07) is 3.93. The molecule has 3 rings (SSSR count). The largest absolute Gasteiger partial charge is 0.352 e. The highest BCUT2D eigenvalue weighted by atomic mass is 79.9. The number of hydrogen-bond acceptors (Lipinski definition) is 4. The van der Waals surface area contributed by atoms with E-state index in [-0.39, 0.29) is 0 Å². The van der Waals surface area contributed by atoms with E-state index in [0.29, 0.717) is 5.25 Å². The normalized spacial score (nSPS) is 20.2. The maximum Gasteiger partial charge on any atom is 0.243 e. The molecule has 6 heteroatoms. The van der Waals surface area contributed by atoms with Crippen LogP contribution in [0.15, 0.2) is 22.8 Å². The van der Waals surface area contributed by atoms with E-state index < -0.39 is 0 Å². The molecule has 0 aromatic carbocycles. The van der Waals surface area contributed by atoms with Crippen LogP contribution in [0.25, 0.3) is 5.65 Å². The van der Waals surface area contributed by atoms with Crippen LogP contribution >= 0.6 is 27.7 Å². The number of nitrogens with one attached hydrogen (secondary N) is 1. The quantitative estimate of drug-likeness (QED) is 0.940. The van der Waals surface area contributed by atoms with Crippen LogP contribution in [0.4, 0.5) is 5.95 Å². The van der Waals surface area contributed by atoms with E-state index in [9.17, 15) is 0 Å². The summed E-state index contributed by atoms with van der Waals surface area (Å²) in [5.74, 6) is 2.01. The molecule has 0 aliphatic carbocycles. The van der Waals surface area contributed by atoms with Gasteiger partial charge < -0.3 is 5.32 Å². The van der Waals surface area contributed by atoms with Gasteiger partial charge in [-0.25, -0.2) is 4.52 Å². The second-order valence-electron chi connectivity index (χ2n) is 4.45. The van der Waals surface area contributed by atoms with Gasteiger partial charge in [-0.15, -0.1) is 5.10 Å². The number of pyridine rings is 1. The van der Waals surface area contributed by atoms with E-state index in [1.165, 1.54) is 25.0 Å². The Labute approximate surface area is 119 Å². The number of rotatable bonds is 3. The average molecular weight is 327 g/mol. The van der Waals surface area contributed by atoms with Crippen molar-refractivity contribution in [2.75, 3.05) is 17.6 Å². The lowest BCUT2D eigenvalue weighted by molar-refractivity contribution is 0.676. The fourth-order valence-electron chi connectivity index (χ4n) is 2.11. The van der Waals surface area contributed by atoms with Crippen molar-refractivity contribution in [3.8, 4) is 0 Å². The predicted molar refractivity (Wildman–Crippen MR) is 79.3 cm³/mol. The lowest BCUT2D eigenvalue weighted by Crippen LogP contribution is -2.20. The molecule has 3 heterocycles. The van der Waals surface area contributed by atoms with Crippen LogP contribution in [0.5, 0.6) is 0 Å². The molecule has 2 aromatic heterocycles. The number of hydrogen-bond donors (Lipinski definition) is 1. The highest BCUT2D eigenvalue weighted by molar-refractivity contribution is 9.10. The summed E-state index contributed by atoms with van der Waals surface area (Å²) in [4.78, 5) is 4.45. The Morgan fingerprint density at radius 2 is 2.39 bits per heavy atom. The lowest BCUT2D eigenvalue weighted by atomic mass is 10.2. The second-order valence-corrected chi connectivity index (χ2v) is 6.78. The van der Waals surface area contributed by atoms with Gasteiger partial charge in [0.2, 0.25) is 5.95 Å². The molecule has 1 atom stereocenters. The Bertz CT molecular complexity index is 536. The van der Waals surface area contributed by atoms with E-state index in [1.54, 1.807) is 4.52 Å². The van der Waals surface area contributed by atoms with Crippen molar-refractivity contribution in [2.24, 2.45) is 0 Å². The Hall–Kier alpha value is -0.750. The molecule has 1 unspecified atom stereocenters. The van der Waals surface area contributed by atoms with Crippen molar-refractivity contribution in [3.05, 3.63) is 22.8 Å². The van der Waals surface area contributed by atoms with Gasteiger partial charge in [-0.05, 0) is 46.7 Å². The number of nitrogens with zero attached hydrogens (tertiary/aromatic N) is 3. The molecule has 1 N–H and O–H groups in total. The van der Waals surface area contributed by atoms with Crippen molar-refractivity contribution in [1.29, 1.82) is 0 Å². The average Bonchev–Trinajstić information content (AvgIpc) is 2.79. The molecule has 0 spiro atoms. The summed E-state index contributed by atoms with van der Waals surface area (Å²) < 4.78 is 2.80. The molecule has 1 aliphatic heterocycles. The standard InChI is InChI=1S/C12H15BrN4S/c13-9-4-5-11-15-12(16-17(11)8-9)14-7-10-3-1-2-6-18-10/h4-5,8,10H,1-3,6-7H2,(H,14,16). The first-order valence-electron chi connectivity index (χ1n) is 6.19. The van der Waals surface area contributed by atoms with Gasteiger partial charge in [-0.2, -0.15) is 16.7 Å². The third-order valence-electron chi connectivity index (χ3n) is 3.06. The minimum atomic E-state index is 0.706. The Kier molecular flexibility index (Phi) is 3.75. The van der Waals surface area contributed by atoms with E-state index in [2.05, 4.69) is 43.1 Å². The lowest BCUT2D eigenvalue weighted by Gasteiger charge is -2.20. The van der Waals surface area contributed by atoms with Gasteiger partial charge in [0.1, 0.15) is 0 Å². The molecule has 0 radical (unpaired) electrons. The third kappa shape index (κ3) is 2.80. The summed E-state index contributed by atoms with van der Waals surface area (Å²) >= 11 is 5.49. The third-order valence-corrected chi connectivity index (χ3v) is 4.92. The van der Waals surface area contributed by atoms with Gasteiger partial charge >= 0.3 is 0 Å². The summed E-state index contributed by atoms with van der Waals surface area (Å²) in [5, 5.41) is 8.46. The van der Waals surface area contributed by atoms with Crippen molar-refractivity contribution in [2.45, 2.75) is 24.5 Å². The van der Waals surface area contributed by atoms with Crippen molar-refractivity contribution < 1.29 is 0 Å². The highest BCUT2D eigenvalue weighted by Crippen LogP contribution is 2.25. The first kappa shape index (κ1) is 12.3. The zero-order valence-corrected chi connectivity index (χ0v) is 12.4. The first-order valence-corrected chi connectivity index (χ1v) is 8.03. The van der Waals surface area contributed by atoms with Gasteiger partial charge in [0.15, 0.2) is 5.65 Å². The number of anilines is 1. The van der Waals surface area contributed by atoms with Crippen LogP contribution in [-0.2, 0) is 0 Å². The molecule has 1 fully saturated rings. The van der Waals surface area contributed by atoms with Gasteiger partial charge in [0.05, 0.1) is 0 Å². The monoisotopic (exact) mass is 326 g/mol. The van der Waals surface area contributed by atoms with Crippen molar-refractivity contribution in [3.63, 3.8) is 0 Å². The Balaban J connectivity index is 1.67. The van der Waals surface area contributed by atoms with Crippen LogP contribution in [0.3, 0.4) is 0 Å². The molecule has 96 valence electrons. The van der Waals surface area contributed by atoms with Crippen molar-refractivity contribution in [1.82, 2.24) is 14.6 Å². The number of halogens is 1. The molecule has 0 bridgehead atoms. The van der Waals surface area contributed by atoms with Gasteiger partial charge in [-0.3, -0.25) is 0 Å². The molecular formula is C12H15BrN4S. The molecule has 0 saturated carbocycles. The topological polar surface area (TPSA) is 42.2 Å². The SMILES string of the molecule is Brc1ccc2nc(NCC3CCCCS3)nn2c1. The molecule has 18 heavy (non-hydrogen) atoms. The molecule has 4 nitrogen and oxygen atoms in total. The zero-order valence-electron chi connectivity index (χ0n) is 9.97. The molecule has 1 saturated heterocycles. The molecule has 0 amide bonds. The van der Waals surface area contributed by atoms with Crippen LogP contribution in [0.2, 0.25) is 0 Å². The van der Waals surface area contributed by atoms with E-state index in [1.807, 2.05) is 18.3 Å². The number of thioether (sulfide) groups is 1. The van der Waals surface area contributed by atoms with Crippen LogP contribution in [0, 0.1) is 0 Å². The summed E-state index contributed by atoms with van der Waals surface area (Å²) in [6.45, 7) is 0.961. The fourth-order valence-corrected chi connectivity index (χ4v) is 3.67. The smallest absolute Gasteiger partial charge is 0.243 e. The maximum absolute atomic E-state index is 4.45. The zero-order chi connectivity index (χ0) is 12.4. The highest BCUT2D eigenvalue weighted by Gasteiger charge is 2.14. The van der Waals surface area contributed by atoms with E-state index in [0.717, 1.165) is 22.6 Å². The predicted octanol–water partition coefficient (Wildman–Crippen LogP) is 3.19. The molecule has 1 aliphatic rings. The van der Waals surface area contributed by atoms with Gasteiger partial charge in [-0.1, -0.05) is 6.42 Å².